The minimum Gasteiger partial charge on any atom is -0.345 e. The number of hydrogen-bond donors (Lipinski definition) is 1. The summed E-state index contributed by atoms with van der Waals surface area (Å²) < 4.78 is 1.78. The highest BCUT2D eigenvalue weighted by Crippen LogP contribution is 1.96. The number of carbonyl (C=O) groups excluding carboxylic acids is 1. The number of nitrogens with one attached hydrogen (secondary N) is 1. The van der Waals surface area contributed by atoms with Crippen molar-refractivity contribution in [2.75, 3.05) is 5.32 Å². The van der Waals surface area contributed by atoms with Gasteiger partial charge in [-0.1, -0.05) is 0 Å². The largest absolute Gasteiger partial charge is 0.345 e. The third kappa shape index (κ3) is 2.63. The molecular weight excluding hydrogens is 192 g/mol. The van der Waals surface area contributed by atoms with Gasteiger partial charge >= 0.3 is 0 Å². The first-order valence-electron chi connectivity index (χ1n) is 4.52. The highest BCUT2D eigenvalue weighted by Gasteiger charge is 2.03. The maximum Gasteiger partial charge on any atom is 0.246 e. The van der Waals surface area contributed by atoms with Crippen molar-refractivity contribution in [3.05, 3.63) is 43.0 Å². The molecule has 2 aromatic rings. The summed E-state index contributed by atoms with van der Waals surface area (Å²) in [5.41, 5.74) is 0. The Morgan fingerprint density at radius 1 is 1.20 bits per heavy atom. The SMILES string of the molecule is O=C(Cn1cccc1)Nc1ncccn1. The van der Waals surface area contributed by atoms with Gasteiger partial charge in [0.2, 0.25) is 11.9 Å². The first-order chi connectivity index (χ1) is 7.34. The van der Waals surface area contributed by atoms with Crippen LogP contribution in [0.4, 0.5) is 5.95 Å². The minimum atomic E-state index is -0.141. The summed E-state index contributed by atoms with van der Waals surface area (Å²) in [6, 6.07) is 5.43. The van der Waals surface area contributed by atoms with E-state index in [1.807, 2.05) is 24.5 Å². The predicted molar refractivity (Wildman–Crippen MR) is 55.1 cm³/mol. The number of aromatic nitrogens is 3. The highest BCUT2D eigenvalue weighted by molar-refractivity contribution is 5.88. The lowest BCUT2D eigenvalue weighted by molar-refractivity contribution is -0.116. The van der Waals surface area contributed by atoms with Crippen molar-refractivity contribution in [3.63, 3.8) is 0 Å². The van der Waals surface area contributed by atoms with E-state index in [1.165, 1.54) is 0 Å². The summed E-state index contributed by atoms with van der Waals surface area (Å²) in [6.07, 6.45) is 6.81. The van der Waals surface area contributed by atoms with Crippen LogP contribution >= 0.6 is 0 Å². The van der Waals surface area contributed by atoms with Gasteiger partial charge in [0.25, 0.3) is 0 Å². The molecule has 1 N–H and O–H groups in total. The minimum absolute atomic E-state index is 0.141. The van der Waals surface area contributed by atoms with Gasteiger partial charge in [0, 0.05) is 24.8 Å². The van der Waals surface area contributed by atoms with Crippen molar-refractivity contribution in [3.8, 4) is 0 Å². The molecule has 0 aliphatic carbocycles. The summed E-state index contributed by atoms with van der Waals surface area (Å²) in [7, 11) is 0. The van der Waals surface area contributed by atoms with Crippen molar-refractivity contribution in [1.82, 2.24) is 14.5 Å². The molecule has 0 aliphatic rings. The van der Waals surface area contributed by atoms with Crippen LogP contribution < -0.4 is 5.32 Å². The van der Waals surface area contributed by atoms with Crippen LogP contribution in [0.15, 0.2) is 43.0 Å². The van der Waals surface area contributed by atoms with E-state index in [0.717, 1.165) is 0 Å². The fourth-order valence-electron chi connectivity index (χ4n) is 1.17. The van der Waals surface area contributed by atoms with Crippen molar-refractivity contribution in [2.24, 2.45) is 0 Å². The zero-order valence-electron chi connectivity index (χ0n) is 8.00. The Kier molecular flexibility index (Phi) is 2.73. The van der Waals surface area contributed by atoms with Gasteiger partial charge in [0.05, 0.1) is 0 Å². The Balaban J connectivity index is 1.94. The Morgan fingerprint density at radius 3 is 2.53 bits per heavy atom. The molecule has 0 aliphatic heterocycles. The van der Waals surface area contributed by atoms with Gasteiger partial charge in [-0.3, -0.25) is 10.1 Å². The Hall–Kier alpha value is -2.17. The number of anilines is 1. The molecule has 1 amide bonds. The molecule has 0 saturated carbocycles. The van der Waals surface area contributed by atoms with E-state index >= 15 is 0 Å². The second-order valence-corrected chi connectivity index (χ2v) is 2.98. The second-order valence-electron chi connectivity index (χ2n) is 2.98. The lowest BCUT2D eigenvalue weighted by Crippen LogP contribution is -2.19. The van der Waals surface area contributed by atoms with Gasteiger partial charge in [-0.25, -0.2) is 9.97 Å². The van der Waals surface area contributed by atoms with Crippen LogP contribution in [0.25, 0.3) is 0 Å². The van der Waals surface area contributed by atoms with E-state index in [4.69, 9.17) is 0 Å². The number of nitrogens with zero attached hydrogens (tertiary/aromatic N) is 3. The average molecular weight is 202 g/mol. The molecule has 0 radical (unpaired) electrons. The zero-order valence-corrected chi connectivity index (χ0v) is 8.00. The molecule has 2 aromatic heterocycles. The topological polar surface area (TPSA) is 59.8 Å². The molecule has 5 nitrogen and oxygen atoms in total. The summed E-state index contributed by atoms with van der Waals surface area (Å²) in [6.45, 7) is 0.269. The molecule has 2 rings (SSSR count). The molecule has 0 atom stereocenters. The van der Waals surface area contributed by atoms with Gasteiger partial charge in [-0.2, -0.15) is 0 Å². The van der Waals surface area contributed by atoms with Crippen molar-refractivity contribution in [1.29, 1.82) is 0 Å². The van der Waals surface area contributed by atoms with Crippen LogP contribution in [0.2, 0.25) is 0 Å². The van der Waals surface area contributed by atoms with Crippen LogP contribution in [0.5, 0.6) is 0 Å². The van der Waals surface area contributed by atoms with Crippen LogP contribution in [0.3, 0.4) is 0 Å². The summed E-state index contributed by atoms with van der Waals surface area (Å²) in [5.74, 6) is 0.187. The van der Waals surface area contributed by atoms with E-state index in [-0.39, 0.29) is 12.5 Å². The maximum absolute atomic E-state index is 11.5. The highest BCUT2D eigenvalue weighted by atomic mass is 16.2. The van der Waals surface area contributed by atoms with Gasteiger partial charge in [0.15, 0.2) is 0 Å². The first kappa shape index (κ1) is 9.39. The smallest absolute Gasteiger partial charge is 0.246 e. The molecule has 0 bridgehead atoms. The van der Waals surface area contributed by atoms with Gasteiger partial charge in [-0.15, -0.1) is 0 Å². The molecule has 15 heavy (non-hydrogen) atoms. The first-order valence-corrected chi connectivity index (χ1v) is 4.52. The van der Waals surface area contributed by atoms with Gasteiger partial charge < -0.3 is 4.57 Å². The number of rotatable bonds is 3. The molecule has 2 heterocycles. The molecule has 0 fully saturated rings. The normalized spacial score (nSPS) is 9.87. The van der Waals surface area contributed by atoms with Crippen molar-refractivity contribution >= 4 is 11.9 Å². The van der Waals surface area contributed by atoms with E-state index in [9.17, 15) is 4.79 Å². The Bertz CT molecular complexity index is 424. The molecule has 0 saturated heterocycles. The van der Waals surface area contributed by atoms with Crippen molar-refractivity contribution < 1.29 is 4.79 Å². The van der Waals surface area contributed by atoms with Crippen LogP contribution in [-0.2, 0) is 11.3 Å². The molecule has 76 valence electrons. The van der Waals surface area contributed by atoms with E-state index in [0.29, 0.717) is 5.95 Å². The number of carbonyl (C=O) groups is 1. The van der Waals surface area contributed by atoms with Gasteiger partial charge in [0.1, 0.15) is 6.54 Å². The van der Waals surface area contributed by atoms with Crippen LogP contribution in [-0.4, -0.2) is 20.4 Å². The number of amides is 1. The monoisotopic (exact) mass is 202 g/mol. The zero-order chi connectivity index (χ0) is 10.5. The van der Waals surface area contributed by atoms with Crippen LogP contribution in [0.1, 0.15) is 0 Å². The predicted octanol–water partition coefficient (Wildman–Crippen LogP) is 0.917. The third-order valence-electron chi connectivity index (χ3n) is 1.81. The summed E-state index contributed by atoms with van der Waals surface area (Å²) >= 11 is 0. The quantitative estimate of drug-likeness (QED) is 0.805. The van der Waals surface area contributed by atoms with Crippen LogP contribution in [0, 0.1) is 0 Å². The Morgan fingerprint density at radius 2 is 1.87 bits per heavy atom. The standard InChI is InChI=1S/C10H10N4O/c15-9(8-14-6-1-2-7-14)13-10-11-4-3-5-12-10/h1-7H,8H2,(H,11,12,13,15). The lowest BCUT2D eigenvalue weighted by Gasteiger charge is -2.03. The van der Waals surface area contributed by atoms with E-state index in [1.54, 1.807) is 23.0 Å². The second kappa shape index (κ2) is 4.36. The fourth-order valence-corrected chi connectivity index (χ4v) is 1.17. The summed E-state index contributed by atoms with van der Waals surface area (Å²) in [4.78, 5) is 19.3. The fraction of sp³-hybridized carbons (Fsp3) is 0.100. The molecule has 0 aromatic carbocycles. The molecule has 5 heteroatoms. The van der Waals surface area contributed by atoms with Gasteiger partial charge in [-0.05, 0) is 18.2 Å². The van der Waals surface area contributed by atoms with Crippen molar-refractivity contribution in [2.45, 2.75) is 6.54 Å². The van der Waals surface area contributed by atoms with E-state index in [2.05, 4.69) is 15.3 Å². The van der Waals surface area contributed by atoms with E-state index < -0.39 is 0 Å². The molecular formula is C10H10N4O. The third-order valence-corrected chi connectivity index (χ3v) is 1.81. The maximum atomic E-state index is 11.5. The average Bonchev–Trinajstić information content (AvgIpc) is 2.71. The molecule has 0 spiro atoms. The summed E-state index contributed by atoms with van der Waals surface area (Å²) in [5, 5.41) is 2.60. The Labute approximate surface area is 86.8 Å². The number of hydrogen-bond acceptors (Lipinski definition) is 3. The molecule has 0 unspecified atom stereocenters. The lowest BCUT2D eigenvalue weighted by atomic mass is 10.5.